The van der Waals surface area contributed by atoms with Crippen LogP contribution in [0.1, 0.15) is 5.56 Å². The number of rotatable bonds is 2. The standard InChI is InChI=1S/C17H11BrN2O4/c18-11-2-1-3-12(9-11)20-16(23)14(15(22)19-17(20)24)8-10-4-6-13(21)7-5-10/h1-9,21H,(H,19,22,24). The molecule has 120 valence electrons. The fourth-order valence-corrected chi connectivity index (χ4v) is 2.63. The molecule has 0 aromatic heterocycles. The van der Waals surface area contributed by atoms with Crippen LogP contribution in [-0.2, 0) is 9.59 Å². The number of phenolic OH excluding ortho intramolecular Hbond substituents is 1. The van der Waals surface area contributed by atoms with Crippen LogP contribution in [0.5, 0.6) is 5.75 Å². The first-order chi connectivity index (χ1) is 11.5. The maximum Gasteiger partial charge on any atom is 0.335 e. The fraction of sp³-hybridized carbons (Fsp3) is 0. The van der Waals surface area contributed by atoms with Crippen LogP contribution >= 0.6 is 15.9 Å². The van der Waals surface area contributed by atoms with E-state index in [9.17, 15) is 19.5 Å². The van der Waals surface area contributed by atoms with E-state index >= 15 is 0 Å². The third-order valence-electron chi connectivity index (χ3n) is 3.37. The Morgan fingerprint density at radius 3 is 2.42 bits per heavy atom. The lowest BCUT2D eigenvalue weighted by Gasteiger charge is -2.26. The molecule has 1 aliphatic rings. The zero-order chi connectivity index (χ0) is 17.3. The predicted octanol–water partition coefficient (Wildman–Crippen LogP) is 2.82. The van der Waals surface area contributed by atoms with Gasteiger partial charge in [-0.05, 0) is 42.0 Å². The molecule has 4 amide bonds. The van der Waals surface area contributed by atoms with Crippen molar-refractivity contribution in [2.45, 2.75) is 0 Å². The first-order valence-corrected chi connectivity index (χ1v) is 7.71. The minimum Gasteiger partial charge on any atom is -0.508 e. The Morgan fingerprint density at radius 2 is 1.75 bits per heavy atom. The van der Waals surface area contributed by atoms with Gasteiger partial charge in [-0.2, -0.15) is 0 Å². The number of halogens is 1. The van der Waals surface area contributed by atoms with Crippen molar-refractivity contribution in [3.8, 4) is 5.75 Å². The van der Waals surface area contributed by atoms with Gasteiger partial charge in [-0.3, -0.25) is 14.9 Å². The van der Waals surface area contributed by atoms with Crippen LogP contribution in [0.25, 0.3) is 6.08 Å². The molecule has 1 fully saturated rings. The van der Waals surface area contributed by atoms with E-state index in [1.54, 1.807) is 36.4 Å². The average molecular weight is 387 g/mol. The van der Waals surface area contributed by atoms with E-state index in [1.165, 1.54) is 18.2 Å². The smallest absolute Gasteiger partial charge is 0.335 e. The van der Waals surface area contributed by atoms with Gasteiger partial charge in [0, 0.05) is 4.47 Å². The van der Waals surface area contributed by atoms with Crippen LogP contribution in [0, 0.1) is 0 Å². The van der Waals surface area contributed by atoms with Crippen LogP contribution < -0.4 is 10.2 Å². The first kappa shape index (κ1) is 15.9. The van der Waals surface area contributed by atoms with Gasteiger partial charge < -0.3 is 5.11 Å². The minimum atomic E-state index is -0.800. The molecule has 24 heavy (non-hydrogen) atoms. The number of aromatic hydroxyl groups is 1. The number of anilines is 1. The molecule has 2 aromatic rings. The number of nitrogens with one attached hydrogen (secondary N) is 1. The number of carbonyl (C=O) groups is 3. The fourth-order valence-electron chi connectivity index (χ4n) is 2.24. The summed E-state index contributed by atoms with van der Waals surface area (Å²) in [5.41, 5.74) is 0.728. The molecule has 0 spiro atoms. The van der Waals surface area contributed by atoms with Crippen molar-refractivity contribution >= 4 is 45.5 Å². The van der Waals surface area contributed by atoms with E-state index in [1.807, 2.05) is 0 Å². The number of carbonyl (C=O) groups excluding carboxylic acids is 3. The number of imide groups is 2. The zero-order valence-electron chi connectivity index (χ0n) is 12.2. The van der Waals surface area contributed by atoms with Crippen LogP contribution in [0.4, 0.5) is 10.5 Å². The number of barbiturate groups is 1. The van der Waals surface area contributed by atoms with Crippen molar-refractivity contribution in [2.24, 2.45) is 0 Å². The van der Waals surface area contributed by atoms with Gasteiger partial charge >= 0.3 is 6.03 Å². The highest BCUT2D eigenvalue weighted by Gasteiger charge is 2.36. The van der Waals surface area contributed by atoms with Crippen molar-refractivity contribution in [1.29, 1.82) is 0 Å². The summed E-state index contributed by atoms with van der Waals surface area (Å²) in [6, 6.07) is 11.8. The predicted molar refractivity (Wildman–Crippen MR) is 91.3 cm³/mol. The summed E-state index contributed by atoms with van der Waals surface area (Å²) in [6.45, 7) is 0. The van der Waals surface area contributed by atoms with Crippen LogP contribution in [0.15, 0.2) is 58.6 Å². The minimum absolute atomic E-state index is 0.0718. The molecule has 6 nitrogen and oxygen atoms in total. The van der Waals surface area contributed by atoms with Crippen molar-refractivity contribution in [1.82, 2.24) is 5.32 Å². The molecule has 3 rings (SSSR count). The Labute approximate surface area is 145 Å². The lowest BCUT2D eigenvalue weighted by Crippen LogP contribution is -2.54. The molecule has 0 radical (unpaired) electrons. The van der Waals surface area contributed by atoms with E-state index in [0.717, 1.165) is 4.90 Å². The number of urea groups is 1. The van der Waals surface area contributed by atoms with Crippen LogP contribution in [-0.4, -0.2) is 23.0 Å². The van der Waals surface area contributed by atoms with Crippen LogP contribution in [0.2, 0.25) is 0 Å². The summed E-state index contributed by atoms with van der Waals surface area (Å²) in [6.07, 6.45) is 1.37. The SMILES string of the molecule is O=C1NC(=O)N(c2cccc(Br)c2)C(=O)C1=Cc1ccc(O)cc1. The van der Waals surface area contributed by atoms with Gasteiger partial charge in [0.05, 0.1) is 5.69 Å². The van der Waals surface area contributed by atoms with Gasteiger partial charge in [-0.25, -0.2) is 9.69 Å². The van der Waals surface area contributed by atoms with Gasteiger partial charge in [0.1, 0.15) is 11.3 Å². The number of benzene rings is 2. The number of amides is 4. The number of nitrogens with zero attached hydrogens (tertiary/aromatic N) is 1. The largest absolute Gasteiger partial charge is 0.508 e. The topological polar surface area (TPSA) is 86.7 Å². The highest BCUT2D eigenvalue weighted by molar-refractivity contribution is 9.10. The van der Waals surface area contributed by atoms with E-state index in [-0.39, 0.29) is 11.3 Å². The normalized spacial score (nSPS) is 16.5. The Kier molecular flexibility index (Phi) is 4.18. The molecule has 0 saturated carbocycles. The summed E-state index contributed by atoms with van der Waals surface area (Å²) < 4.78 is 0.696. The maximum absolute atomic E-state index is 12.6. The Hall–Kier alpha value is -2.93. The molecule has 0 atom stereocenters. The second-order valence-corrected chi connectivity index (χ2v) is 5.94. The lowest BCUT2D eigenvalue weighted by atomic mass is 10.1. The lowest BCUT2D eigenvalue weighted by molar-refractivity contribution is -0.122. The molecule has 7 heteroatoms. The summed E-state index contributed by atoms with van der Waals surface area (Å²) in [7, 11) is 0. The van der Waals surface area contributed by atoms with E-state index in [4.69, 9.17) is 0 Å². The van der Waals surface area contributed by atoms with Crippen molar-refractivity contribution < 1.29 is 19.5 Å². The number of hydrogen-bond donors (Lipinski definition) is 2. The number of hydrogen-bond acceptors (Lipinski definition) is 4. The monoisotopic (exact) mass is 386 g/mol. The van der Waals surface area contributed by atoms with Gasteiger partial charge in [-0.1, -0.05) is 34.1 Å². The maximum atomic E-state index is 12.6. The Balaban J connectivity index is 2.01. The quantitative estimate of drug-likeness (QED) is 0.613. The van der Waals surface area contributed by atoms with Crippen LogP contribution in [0.3, 0.4) is 0 Å². The molecular formula is C17H11BrN2O4. The van der Waals surface area contributed by atoms with Crippen molar-refractivity contribution in [3.05, 3.63) is 64.1 Å². The first-order valence-electron chi connectivity index (χ1n) is 6.92. The summed E-state index contributed by atoms with van der Waals surface area (Å²) in [5.74, 6) is -1.40. The Morgan fingerprint density at radius 1 is 1.04 bits per heavy atom. The molecule has 1 aliphatic heterocycles. The van der Waals surface area contributed by atoms with E-state index < -0.39 is 17.8 Å². The molecule has 1 saturated heterocycles. The second kappa shape index (κ2) is 6.29. The summed E-state index contributed by atoms with van der Waals surface area (Å²) >= 11 is 3.28. The molecule has 1 heterocycles. The van der Waals surface area contributed by atoms with E-state index in [0.29, 0.717) is 15.7 Å². The molecule has 0 unspecified atom stereocenters. The van der Waals surface area contributed by atoms with Gasteiger partial charge in [0.15, 0.2) is 0 Å². The molecule has 0 bridgehead atoms. The molecular weight excluding hydrogens is 376 g/mol. The zero-order valence-corrected chi connectivity index (χ0v) is 13.8. The third kappa shape index (κ3) is 3.07. The average Bonchev–Trinajstić information content (AvgIpc) is 2.53. The highest BCUT2D eigenvalue weighted by atomic mass is 79.9. The summed E-state index contributed by atoms with van der Waals surface area (Å²) in [4.78, 5) is 37.6. The molecule has 0 aliphatic carbocycles. The Bertz CT molecular complexity index is 874. The van der Waals surface area contributed by atoms with Gasteiger partial charge in [-0.15, -0.1) is 0 Å². The van der Waals surface area contributed by atoms with Gasteiger partial charge in [0.25, 0.3) is 11.8 Å². The highest BCUT2D eigenvalue weighted by Crippen LogP contribution is 2.24. The van der Waals surface area contributed by atoms with Crippen molar-refractivity contribution in [2.75, 3.05) is 4.90 Å². The van der Waals surface area contributed by atoms with Crippen molar-refractivity contribution in [3.63, 3.8) is 0 Å². The van der Waals surface area contributed by atoms with Gasteiger partial charge in [0.2, 0.25) is 0 Å². The van der Waals surface area contributed by atoms with E-state index in [2.05, 4.69) is 21.2 Å². The molecule has 2 aromatic carbocycles. The second-order valence-electron chi connectivity index (χ2n) is 5.03. The number of phenols is 1. The molecule has 2 N–H and O–H groups in total. The third-order valence-corrected chi connectivity index (χ3v) is 3.87. The summed E-state index contributed by atoms with van der Waals surface area (Å²) in [5, 5.41) is 11.4.